The van der Waals surface area contributed by atoms with Crippen molar-refractivity contribution in [3.05, 3.63) is 0 Å². The van der Waals surface area contributed by atoms with Gasteiger partial charge in [0, 0.05) is 19.6 Å². The lowest BCUT2D eigenvalue weighted by atomic mass is 10.0. The molecule has 0 spiro atoms. The minimum absolute atomic E-state index is 0.00438. The molecule has 5 nitrogen and oxygen atoms in total. The molecule has 1 heterocycles. The molecule has 0 aliphatic carbocycles. The number of hydrogen-bond donors (Lipinski definition) is 0. The Morgan fingerprint density at radius 2 is 2.11 bits per heavy atom. The van der Waals surface area contributed by atoms with Crippen LogP contribution in [0.4, 0.5) is 0 Å². The predicted octanol–water partition coefficient (Wildman–Crippen LogP) is 1.75. The molecule has 0 aromatic heterocycles. The van der Waals surface area contributed by atoms with Crippen molar-refractivity contribution in [3.8, 4) is 0 Å². The molecular weight excluding hydrogens is 246 g/mol. The molecule has 0 aromatic rings. The Labute approximate surface area is 115 Å². The zero-order valence-electron chi connectivity index (χ0n) is 12.0. The third kappa shape index (κ3) is 6.05. The van der Waals surface area contributed by atoms with Crippen molar-refractivity contribution in [2.75, 3.05) is 26.3 Å². The van der Waals surface area contributed by atoms with Gasteiger partial charge < -0.3 is 14.4 Å². The normalized spacial score (nSPS) is 18.9. The number of hydrogen-bond acceptors (Lipinski definition) is 4. The summed E-state index contributed by atoms with van der Waals surface area (Å²) in [4.78, 5) is 24.9. The Bertz CT molecular complexity index is 287. The lowest BCUT2D eigenvalue weighted by Crippen LogP contribution is -2.36. The van der Waals surface area contributed by atoms with E-state index >= 15 is 0 Å². The second-order valence-corrected chi connectivity index (χ2v) is 4.74. The maximum Gasteiger partial charge on any atom is 0.325 e. The van der Waals surface area contributed by atoms with E-state index < -0.39 is 0 Å². The third-order valence-corrected chi connectivity index (χ3v) is 3.31. The first-order valence-corrected chi connectivity index (χ1v) is 7.22. The van der Waals surface area contributed by atoms with Crippen molar-refractivity contribution in [2.45, 2.75) is 52.1 Å². The lowest BCUT2D eigenvalue weighted by molar-refractivity contribution is -0.149. The van der Waals surface area contributed by atoms with E-state index in [1.807, 2.05) is 6.92 Å². The van der Waals surface area contributed by atoms with Crippen molar-refractivity contribution in [1.82, 2.24) is 4.90 Å². The Morgan fingerprint density at radius 3 is 2.68 bits per heavy atom. The standard InChI is InChI=1S/C14H25NO4/c1-3-15(11-14(17)18-4-2)13(16)9-8-12-7-5-6-10-19-12/h12H,3-11H2,1-2H3. The van der Waals surface area contributed by atoms with E-state index in [0.717, 1.165) is 25.9 Å². The van der Waals surface area contributed by atoms with Gasteiger partial charge in [0.05, 0.1) is 12.7 Å². The average molecular weight is 271 g/mol. The first kappa shape index (κ1) is 16.0. The highest BCUT2D eigenvalue weighted by atomic mass is 16.5. The summed E-state index contributed by atoms with van der Waals surface area (Å²) in [5.74, 6) is -0.337. The molecule has 0 saturated carbocycles. The first-order chi connectivity index (χ1) is 9.17. The quantitative estimate of drug-likeness (QED) is 0.662. The Hall–Kier alpha value is -1.10. The van der Waals surface area contributed by atoms with Gasteiger partial charge in [-0.05, 0) is 39.5 Å². The van der Waals surface area contributed by atoms with E-state index in [1.165, 1.54) is 6.42 Å². The topological polar surface area (TPSA) is 55.8 Å². The molecule has 0 aromatic carbocycles. The minimum atomic E-state index is -0.341. The van der Waals surface area contributed by atoms with Crippen LogP contribution in [0.15, 0.2) is 0 Å². The van der Waals surface area contributed by atoms with Crippen molar-refractivity contribution in [2.24, 2.45) is 0 Å². The largest absolute Gasteiger partial charge is 0.465 e. The molecule has 19 heavy (non-hydrogen) atoms. The molecule has 1 aliphatic rings. The second kappa shape index (κ2) is 8.91. The van der Waals surface area contributed by atoms with Crippen LogP contribution in [0.5, 0.6) is 0 Å². The van der Waals surface area contributed by atoms with E-state index in [0.29, 0.717) is 19.6 Å². The molecule has 1 amide bonds. The summed E-state index contributed by atoms with van der Waals surface area (Å²) in [5, 5.41) is 0. The zero-order valence-corrected chi connectivity index (χ0v) is 12.0. The second-order valence-electron chi connectivity index (χ2n) is 4.74. The van der Waals surface area contributed by atoms with Gasteiger partial charge in [-0.2, -0.15) is 0 Å². The van der Waals surface area contributed by atoms with E-state index in [-0.39, 0.29) is 24.5 Å². The summed E-state index contributed by atoms with van der Waals surface area (Å²) in [6.07, 6.45) is 4.74. The fourth-order valence-corrected chi connectivity index (χ4v) is 2.22. The maximum absolute atomic E-state index is 12.0. The van der Waals surface area contributed by atoms with Gasteiger partial charge in [0.2, 0.25) is 5.91 Å². The van der Waals surface area contributed by atoms with E-state index in [2.05, 4.69) is 0 Å². The number of ether oxygens (including phenoxy) is 2. The number of carbonyl (C=O) groups excluding carboxylic acids is 2. The molecule has 5 heteroatoms. The molecule has 1 fully saturated rings. The summed E-state index contributed by atoms with van der Waals surface area (Å²) >= 11 is 0. The lowest BCUT2D eigenvalue weighted by Gasteiger charge is -2.24. The SMILES string of the molecule is CCOC(=O)CN(CC)C(=O)CCC1CCCCO1. The van der Waals surface area contributed by atoms with Crippen LogP contribution >= 0.6 is 0 Å². The molecule has 1 rings (SSSR count). The fraction of sp³-hybridized carbons (Fsp3) is 0.857. The van der Waals surface area contributed by atoms with E-state index in [1.54, 1.807) is 11.8 Å². The zero-order chi connectivity index (χ0) is 14.1. The highest BCUT2D eigenvalue weighted by Gasteiger charge is 2.19. The average Bonchev–Trinajstić information content (AvgIpc) is 2.43. The van der Waals surface area contributed by atoms with E-state index in [4.69, 9.17) is 9.47 Å². The third-order valence-electron chi connectivity index (χ3n) is 3.31. The molecule has 0 bridgehead atoms. The van der Waals surface area contributed by atoms with Crippen molar-refractivity contribution < 1.29 is 19.1 Å². The number of likely N-dealkylation sites (N-methyl/N-ethyl adjacent to an activating group) is 1. The number of rotatable bonds is 7. The molecule has 0 radical (unpaired) electrons. The van der Waals surface area contributed by atoms with Crippen LogP contribution in [0.1, 0.15) is 46.0 Å². The monoisotopic (exact) mass is 271 g/mol. The van der Waals surface area contributed by atoms with Crippen LogP contribution in [0.3, 0.4) is 0 Å². The van der Waals surface area contributed by atoms with Gasteiger partial charge in [-0.15, -0.1) is 0 Å². The van der Waals surface area contributed by atoms with Crippen molar-refractivity contribution in [3.63, 3.8) is 0 Å². The summed E-state index contributed by atoms with van der Waals surface area (Å²) < 4.78 is 10.5. The van der Waals surface area contributed by atoms with Gasteiger partial charge in [-0.25, -0.2) is 0 Å². The molecular formula is C14H25NO4. The Kier molecular flexibility index (Phi) is 7.48. The van der Waals surface area contributed by atoms with Crippen LogP contribution in [0.2, 0.25) is 0 Å². The van der Waals surface area contributed by atoms with Crippen molar-refractivity contribution in [1.29, 1.82) is 0 Å². The smallest absolute Gasteiger partial charge is 0.325 e. The molecule has 1 unspecified atom stereocenters. The maximum atomic E-state index is 12.0. The summed E-state index contributed by atoms with van der Waals surface area (Å²) in [7, 11) is 0. The van der Waals surface area contributed by atoms with Crippen LogP contribution < -0.4 is 0 Å². The number of nitrogens with zero attached hydrogens (tertiary/aromatic N) is 1. The number of carbonyl (C=O) groups is 2. The summed E-state index contributed by atoms with van der Waals surface area (Å²) in [6.45, 7) is 5.36. The highest BCUT2D eigenvalue weighted by molar-refractivity contribution is 5.82. The van der Waals surface area contributed by atoms with Crippen LogP contribution in [-0.2, 0) is 19.1 Å². The fourth-order valence-electron chi connectivity index (χ4n) is 2.22. The molecule has 1 saturated heterocycles. The minimum Gasteiger partial charge on any atom is -0.465 e. The number of esters is 1. The van der Waals surface area contributed by atoms with Crippen LogP contribution in [0.25, 0.3) is 0 Å². The summed E-state index contributed by atoms with van der Waals surface area (Å²) in [5.41, 5.74) is 0. The van der Waals surface area contributed by atoms with Crippen LogP contribution in [0, 0.1) is 0 Å². The molecule has 1 aliphatic heterocycles. The predicted molar refractivity (Wildman–Crippen MR) is 71.7 cm³/mol. The van der Waals surface area contributed by atoms with Crippen LogP contribution in [-0.4, -0.2) is 49.2 Å². The Morgan fingerprint density at radius 1 is 1.32 bits per heavy atom. The van der Waals surface area contributed by atoms with Gasteiger partial charge in [-0.1, -0.05) is 0 Å². The number of amides is 1. The summed E-state index contributed by atoms with van der Waals surface area (Å²) in [6, 6.07) is 0. The van der Waals surface area contributed by atoms with Gasteiger partial charge in [-0.3, -0.25) is 9.59 Å². The van der Waals surface area contributed by atoms with Gasteiger partial charge in [0.15, 0.2) is 0 Å². The first-order valence-electron chi connectivity index (χ1n) is 7.22. The molecule has 1 atom stereocenters. The van der Waals surface area contributed by atoms with E-state index in [9.17, 15) is 9.59 Å². The highest BCUT2D eigenvalue weighted by Crippen LogP contribution is 2.17. The molecule has 0 N–H and O–H groups in total. The molecule has 110 valence electrons. The Balaban J connectivity index is 2.29. The van der Waals surface area contributed by atoms with Gasteiger partial charge >= 0.3 is 5.97 Å². The van der Waals surface area contributed by atoms with Gasteiger partial charge in [0.25, 0.3) is 0 Å². The van der Waals surface area contributed by atoms with Gasteiger partial charge in [0.1, 0.15) is 6.54 Å². The van der Waals surface area contributed by atoms with Crippen molar-refractivity contribution >= 4 is 11.9 Å².